The third-order valence-electron chi connectivity index (χ3n) is 1.81. The minimum atomic E-state index is 0.903. The van der Waals surface area contributed by atoms with Crippen molar-refractivity contribution in [2.45, 2.75) is 18.2 Å². The highest BCUT2D eigenvalue weighted by Gasteiger charge is 1.97. The Morgan fingerprint density at radius 3 is 2.71 bits per heavy atom. The maximum absolute atomic E-state index is 5.84. The van der Waals surface area contributed by atoms with Crippen LogP contribution in [-0.4, -0.2) is 17.3 Å². The third kappa shape index (κ3) is 4.29. The van der Waals surface area contributed by atoms with Gasteiger partial charge in [-0.25, -0.2) is 0 Å². The van der Waals surface area contributed by atoms with Crippen LogP contribution in [0.2, 0.25) is 0 Å². The molecule has 14 heavy (non-hydrogen) atoms. The van der Waals surface area contributed by atoms with E-state index in [0.29, 0.717) is 0 Å². The van der Waals surface area contributed by atoms with Gasteiger partial charge in [0, 0.05) is 10.6 Å². The van der Waals surface area contributed by atoms with Crippen LogP contribution in [0.15, 0.2) is 29.2 Å². The SMILES string of the molecule is CCSCCCSc1ccccc1N. The average Bonchev–Trinajstić information content (AvgIpc) is 2.20. The standard InChI is InChI=1S/C11H17NS2/c1-2-13-8-5-9-14-11-7-4-3-6-10(11)12/h3-4,6-7H,2,5,8-9,12H2,1H3. The van der Waals surface area contributed by atoms with Gasteiger partial charge >= 0.3 is 0 Å². The van der Waals surface area contributed by atoms with Gasteiger partial charge in [-0.3, -0.25) is 0 Å². The number of hydrogen-bond acceptors (Lipinski definition) is 3. The topological polar surface area (TPSA) is 26.0 Å². The van der Waals surface area contributed by atoms with Gasteiger partial charge in [0.1, 0.15) is 0 Å². The first-order valence-corrected chi connectivity index (χ1v) is 7.03. The monoisotopic (exact) mass is 227 g/mol. The number of benzene rings is 1. The van der Waals surface area contributed by atoms with Crippen LogP contribution in [0.5, 0.6) is 0 Å². The molecule has 0 aliphatic rings. The average molecular weight is 227 g/mol. The highest BCUT2D eigenvalue weighted by molar-refractivity contribution is 8.00. The first-order chi connectivity index (χ1) is 6.84. The summed E-state index contributed by atoms with van der Waals surface area (Å²) in [7, 11) is 0. The largest absolute Gasteiger partial charge is 0.398 e. The van der Waals surface area contributed by atoms with Crippen LogP contribution >= 0.6 is 23.5 Å². The van der Waals surface area contributed by atoms with E-state index in [1.807, 2.05) is 41.7 Å². The predicted molar refractivity (Wildman–Crippen MR) is 69.2 cm³/mol. The molecule has 0 atom stereocenters. The molecule has 0 amide bonds. The summed E-state index contributed by atoms with van der Waals surface area (Å²) in [5.41, 5.74) is 6.74. The summed E-state index contributed by atoms with van der Waals surface area (Å²) in [5.74, 6) is 3.65. The van der Waals surface area contributed by atoms with Gasteiger partial charge in [0.15, 0.2) is 0 Å². The Bertz CT molecular complexity index is 263. The van der Waals surface area contributed by atoms with E-state index < -0.39 is 0 Å². The summed E-state index contributed by atoms with van der Waals surface area (Å²) in [5, 5.41) is 0. The second-order valence-corrected chi connectivity index (χ2v) is 5.47. The molecule has 0 aliphatic heterocycles. The van der Waals surface area contributed by atoms with E-state index in [1.165, 1.54) is 28.6 Å². The second-order valence-electron chi connectivity index (χ2n) is 2.94. The molecule has 0 radical (unpaired) electrons. The van der Waals surface area contributed by atoms with E-state index in [4.69, 9.17) is 5.73 Å². The molecule has 0 heterocycles. The fraction of sp³-hybridized carbons (Fsp3) is 0.455. The number of para-hydroxylation sites is 1. The zero-order chi connectivity index (χ0) is 10.2. The first-order valence-electron chi connectivity index (χ1n) is 4.89. The van der Waals surface area contributed by atoms with Gasteiger partial charge in [-0.05, 0) is 35.8 Å². The smallest absolute Gasteiger partial charge is 0.0452 e. The third-order valence-corrected chi connectivity index (χ3v) is 3.97. The zero-order valence-corrected chi connectivity index (χ0v) is 10.2. The summed E-state index contributed by atoms with van der Waals surface area (Å²) < 4.78 is 0. The Morgan fingerprint density at radius 2 is 2.00 bits per heavy atom. The van der Waals surface area contributed by atoms with Gasteiger partial charge in [0.2, 0.25) is 0 Å². The molecule has 0 spiro atoms. The quantitative estimate of drug-likeness (QED) is 0.457. The number of nitrogens with two attached hydrogens (primary N) is 1. The molecular formula is C11H17NS2. The lowest BCUT2D eigenvalue weighted by molar-refractivity contribution is 1.12. The number of thioether (sulfide) groups is 2. The number of anilines is 1. The molecule has 0 aliphatic carbocycles. The summed E-state index contributed by atoms with van der Waals surface area (Å²) in [6, 6.07) is 8.07. The summed E-state index contributed by atoms with van der Waals surface area (Å²) in [4.78, 5) is 1.22. The molecule has 0 bridgehead atoms. The Hall–Kier alpha value is -0.280. The molecule has 0 aromatic heterocycles. The Labute approximate surface area is 94.8 Å². The Morgan fingerprint density at radius 1 is 1.21 bits per heavy atom. The molecule has 1 nitrogen and oxygen atoms in total. The summed E-state index contributed by atoms with van der Waals surface area (Å²) >= 11 is 3.86. The van der Waals surface area contributed by atoms with Crippen molar-refractivity contribution in [3.05, 3.63) is 24.3 Å². The highest BCUT2D eigenvalue weighted by atomic mass is 32.2. The van der Waals surface area contributed by atoms with Gasteiger partial charge in [-0.2, -0.15) is 11.8 Å². The van der Waals surface area contributed by atoms with Crippen LogP contribution in [0.25, 0.3) is 0 Å². The van der Waals surface area contributed by atoms with Crippen LogP contribution in [0, 0.1) is 0 Å². The molecule has 0 fully saturated rings. The molecule has 0 saturated carbocycles. The minimum absolute atomic E-state index is 0.903. The predicted octanol–water partition coefficient (Wildman–Crippen LogP) is 3.50. The van der Waals surface area contributed by atoms with E-state index >= 15 is 0 Å². The van der Waals surface area contributed by atoms with Crippen molar-refractivity contribution < 1.29 is 0 Å². The molecule has 0 saturated heterocycles. The second kappa shape index (κ2) is 7.07. The lowest BCUT2D eigenvalue weighted by Gasteiger charge is -2.04. The van der Waals surface area contributed by atoms with Gasteiger partial charge in [-0.15, -0.1) is 11.8 Å². The number of rotatable bonds is 6. The van der Waals surface area contributed by atoms with E-state index in [-0.39, 0.29) is 0 Å². The fourth-order valence-electron chi connectivity index (χ4n) is 1.10. The minimum Gasteiger partial charge on any atom is -0.398 e. The normalized spacial score (nSPS) is 10.4. The Kier molecular flexibility index (Phi) is 5.96. The van der Waals surface area contributed by atoms with Gasteiger partial charge in [0.05, 0.1) is 0 Å². The zero-order valence-electron chi connectivity index (χ0n) is 8.53. The van der Waals surface area contributed by atoms with E-state index in [9.17, 15) is 0 Å². The van der Waals surface area contributed by atoms with Gasteiger partial charge in [-0.1, -0.05) is 19.1 Å². The van der Waals surface area contributed by atoms with Crippen LogP contribution in [0.3, 0.4) is 0 Å². The lowest BCUT2D eigenvalue weighted by Crippen LogP contribution is -1.89. The van der Waals surface area contributed by atoms with Crippen LogP contribution in [0.4, 0.5) is 5.69 Å². The molecule has 1 aromatic rings. The molecule has 2 N–H and O–H groups in total. The maximum Gasteiger partial charge on any atom is 0.0452 e. The molecule has 1 rings (SSSR count). The summed E-state index contributed by atoms with van der Waals surface area (Å²) in [6.45, 7) is 2.20. The first kappa shape index (κ1) is 11.8. The van der Waals surface area contributed by atoms with Crippen molar-refractivity contribution in [2.24, 2.45) is 0 Å². The van der Waals surface area contributed by atoms with Crippen LogP contribution in [0.1, 0.15) is 13.3 Å². The van der Waals surface area contributed by atoms with Crippen LogP contribution < -0.4 is 5.73 Å². The van der Waals surface area contributed by atoms with Crippen molar-refractivity contribution in [1.82, 2.24) is 0 Å². The molecule has 1 aromatic carbocycles. The molecule has 0 unspecified atom stereocenters. The fourth-order valence-corrected chi connectivity index (χ4v) is 2.84. The van der Waals surface area contributed by atoms with Gasteiger partial charge in [0.25, 0.3) is 0 Å². The molecular weight excluding hydrogens is 210 g/mol. The summed E-state index contributed by atoms with van der Waals surface area (Å²) in [6.07, 6.45) is 1.26. The maximum atomic E-state index is 5.84. The van der Waals surface area contributed by atoms with E-state index in [1.54, 1.807) is 0 Å². The number of hydrogen-bond donors (Lipinski definition) is 1. The van der Waals surface area contributed by atoms with Crippen molar-refractivity contribution in [3.63, 3.8) is 0 Å². The highest BCUT2D eigenvalue weighted by Crippen LogP contribution is 2.25. The van der Waals surface area contributed by atoms with E-state index in [2.05, 4.69) is 13.0 Å². The Balaban J connectivity index is 2.21. The van der Waals surface area contributed by atoms with Gasteiger partial charge < -0.3 is 5.73 Å². The van der Waals surface area contributed by atoms with Crippen molar-refractivity contribution in [2.75, 3.05) is 23.0 Å². The lowest BCUT2D eigenvalue weighted by atomic mass is 10.3. The van der Waals surface area contributed by atoms with Crippen molar-refractivity contribution in [3.8, 4) is 0 Å². The van der Waals surface area contributed by atoms with Crippen molar-refractivity contribution in [1.29, 1.82) is 0 Å². The molecule has 78 valence electrons. The number of nitrogen functional groups attached to an aromatic ring is 1. The molecule has 3 heteroatoms. The van der Waals surface area contributed by atoms with Crippen molar-refractivity contribution >= 4 is 29.2 Å². The van der Waals surface area contributed by atoms with E-state index in [0.717, 1.165) is 5.69 Å². The van der Waals surface area contributed by atoms with Crippen LogP contribution in [-0.2, 0) is 0 Å².